The van der Waals surface area contributed by atoms with Crippen molar-refractivity contribution in [2.75, 3.05) is 0 Å². The number of hydrogen-bond acceptors (Lipinski definition) is 4. The lowest BCUT2D eigenvalue weighted by atomic mass is 10.2. The minimum Gasteiger partial charge on any atom is -0.302 e. The topological polar surface area (TPSA) is 43.6 Å². The monoisotopic (exact) mass is 380 g/mol. The molecule has 2 aromatic heterocycles. The molecule has 2 heterocycles. The molecule has 0 amide bonds. The van der Waals surface area contributed by atoms with Gasteiger partial charge in [0.15, 0.2) is 11.0 Å². The molecule has 0 bridgehead atoms. The second kappa shape index (κ2) is 7.48. The number of thioether (sulfide) groups is 1. The summed E-state index contributed by atoms with van der Waals surface area (Å²) in [5.74, 6) is 1.59. The molecule has 6 heteroatoms. The number of pyridine rings is 1. The number of hydrogen-bond donors (Lipinski definition) is 0. The highest BCUT2D eigenvalue weighted by Crippen LogP contribution is 2.27. The van der Waals surface area contributed by atoms with E-state index in [0.717, 1.165) is 45.4 Å². The van der Waals surface area contributed by atoms with Gasteiger partial charge in [-0.1, -0.05) is 59.8 Å². The first-order valence-corrected chi connectivity index (χ1v) is 9.77. The molecule has 0 fully saturated rings. The fraction of sp³-hybridized carbons (Fsp3) is 0.150. The average molecular weight is 381 g/mol. The first kappa shape index (κ1) is 17.1. The van der Waals surface area contributed by atoms with Crippen LogP contribution in [0.1, 0.15) is 12.6 Å². The fourth-order valence-electron chi connectivity index (χ4n) is 2.85. The van der Waals surface area contributed by atoms with Crippen LogP contribution in [-0.2, 0) is 12.3 Å². The Bertz CT molecular complexity index is 1060. The first-order valence-electron chi connectivity index (χ1n) is 8.41. The summed E-state index contributed by atoms with van der Waals surface area (Å²) in [5, 5.41) is 11.5. The highest BCUT2D eigenvalue weighted by atomic mass is 35.5. The quantitative estimate of drug-likeness (QED) is 0.431. The van der Waals surface area contributed by atoms with Gasteiger partial charge in [0.05, 0.1) is 11.2 Å². The van der Waals surface area contributed by atoms with Crippen LogP contribution in [-0.4, -0.2) is 19.7 Å². The molecule has 4 rings (SSSR count). The van der Waals surface area contributed by atoms with Gasteiger partial charge in [0.25, 0.3) is 0 Å². The molecule has 0 aliphatic rings. The van der Waals surface area contributed by atoms with E-state index in [4.69, 9.17) is 16.6 Å². The Morgan fingerprint density at radius 2 is 1.88 bits per heavy atom. The van der Waals surface area contributed by atoms with Crippen LogP contribution >= 0.6 is 23.4 Å². The number of aromatic nitrogens is 4. The van der Waals surface area contributed by atoms with E-state index in [2.05, 4.69) is 39.9 Å². The second-order valence-electron chi connectivity index (χ2n) is 5.84. The Morgan fingerprint density at radius 3 is 2.73 bits per heavy atom. The van der Waals surface area contributed by atoms with Gasteiger partial charge in [-0.2, -0.15) is 0 Å². The van der Waals surface area contributed by atoms with Crippen LogP contribution in [0, 0.1) is 0 Å². The van der Waals surface area contributed by atoms with Gasteiger partial charge in [0.2, 0.25) is 0 Å². The summed E-state index contributed by atoms with van der Waals surface area (Å²) in [7, 11) is 0. The largest absolute Gasteiger partial charge is 0.302 e. The normalized spacial score (nSPS) is 11.2. The van der Waals surface area contributed by atoms with Crippen molar-refractivity contribution in [1.29, 1.82) is 0 Å². The Hall–Kier alpha value is -2.37. The number of halogens is 1. The van der Waals surface area contributed by atoms with Crippen molar-refractivity contribution in [3.63, 3.8) is 0 Å². The van der Waals surface area contributed by atoms with Crippen molar-refractivity contribution in [1.82, 2.24) is 19.7 Å². The maximum atomic E-state index is 6.12. The van der Waals surface area contributed by atoms with Crippen LogP contribution in [0.5, 0.6) is 0 Å². The van der Waals surface area contributed by atoms with Gasteiger partial charge in [0, 0.05) is 28.3 Å². The van der Waals surface area contributed by atoms with Crippen molar-refractivity contribution >= 4 is 34.3 Å². The molecule has 0 spiro atoms. The van der Waals surface area contributed by atoms with E-state index in [1.807, 2.05) is 42.5 Å². The molecule has 4 aromatic rings. The number of rotatable bonds is 5. The molecular weight excluding hydrogens is 364 g/mol. The van der Waals surface area contributed by atoms with Crippen molar-refractivity contribution in [2.45, 2.75) is 24.4 Å². The maximum absolute atomic E-state index is 6.12. The summed E-state index contributed by atoms with van der Waals surface area (Å²) in [6, 6.07) is 20.0. The molecular formula is C20H17ClN4S. The lowest BCUT2D eigenvalue weighted by Crippen LogP contribution is -2.00. The molecule has 130 valence electrons. The van der Waals surface area contributed by atoms with Crippen LogP contribution in [0.15, 0.2) is 65.8 Å². The standard InChI is InChI=1S/C20H17ClN4S/c1-2-25-19(15-7-5-8-16(21)12-15)23-24-20(25)26-13-17-11-10-14-6-3-4-9-18(14)22-17/h3-12H,2,13H2,1H3. The highest BCUT2D eigenvalue weighted by Gasteiger charge is 2.14. The molecule has 0 aliphatic heterocycles. The molecule has 0 atom stereocenters. The van der Waals surface area contributed by atoms with Gasteiger partial charge in [0.1, 0.15) is 0 Å². The molecule has 0 saturated heterocycles. The van der Waals surface area contributed by atoms with E-state index >= 15 is 0 Å². The third-order valence-corrected chi connectivity index (χ3v) is 5.36. The van der Waals surface area contributed by atoms with E-state index < -0.39 is 0 Å². The summed E-state index contributed by atoms with van der Waals surface area (Å²) in [6.45, 7) is 2.89. The lowest BCUT2D eigenvalue weighted by molar-refractivity contribution is 0.687. The molecule has 4 nitrogen and oxygen atoms in total. The summed E-state index contributed by atoms with van der Waals surface area (Å²) in [4.78, 5) is 4.73. The zero-order chi connectivity index (χ0) is 17.9. The Kier molecular flexibility index (Phi) is 4.91. The smallest absolute Gasteiger partial charge is 0.191 e. The lowest BCUT2D eigenvalue weighted by Gasteiger charge is -2.08. The zero-order valence-corrected chi connectivity index (χ0v) is 15.8. The minimum atomic E-state index is 0.697. The van der Waals surface area contributed by atoms with Crippen LogP contribution in [0.25, 0.3) is 22.3 Å². The second-order valence-corrected chi connectivity index (χ2v) is 7.22. The van der Waals surface area contributed by atoms with E-state index in [9.17, 15) is 0 Å². The van der Waals surface area contributed by atoms with Gasteiger partial charge >= 0.3 is 0 Å². The van der Waals surface area contributed by atoms with Crippen LogP contribution in [0.4, 0.5) is 0 Å². The SMILES string of the molecule is CCn1c(SCc2ccc3ccccc3n2)nnc1-c1cccc(Cl)c1. The van der Waals surface area contributed by atoms with Crippen molar-refractivity contribution < 1.29 is 0 Å². The molecule has 0 N–H and O–H groups in total. The van der Waals surface area contributed by atoms with Crippen molar-refractivity contribution in [2.24, 2.45) is 0 Å². The zero-order valence-electron chi connectivity index (χ0n) is 14.3. The van der Waals surface area contributed by atoms with Crippen LogP contribution in [0.2, 0.25) is 5.02 Å². The molecule has 26 heavy (non-hydrogen) atoms. The Morgan fingerprint density at radius 1 is 1.00 bits per heavy atom. The van der Waals surface area contributed by atoms with Crippen molar-refractivity contribution in [3.05, 3.63) is 71.4 Å². The predicted molar refractivity (Wildman–Crippen MR) is 107 cm³/mol. The molecule has 0 aliphatic carbocycles. The van der Waals surface area contributed by atoms with E-state index in [0.29, 0.717) is 5.02 Å². The average Bonchev–Trinajstić information content (AvgIpc) is 3.09. The van der Waals surface area contributed by atoms with Gasteiger partial charge in [-0.25, -0.2) is 0 Å². The Balaban J connectivity index is 1.58. The highest BCUT2D eigenvalue weighted by molar-refractivity contribution is 7.98. The molecule has 0 radical (unpaired) electrons. The summed E-state index contributed by atoms with van der Waals surface area (Å²) in [5.41, 5.74) is 3.02. The third-order valence-electron chi connectivity index (χ3n) is 4.12. The number of fused-ring (bicyclic) bond motifs is 1. The molecule has 2 aromatic carbocycles. The molecule has 0 saturated carbocycles. The number of benzene rings is 2. The van der Waals surface area contributed by atoms with Crippen LogP contribution in [0.3, 0.4) is 0 Å². The summed E-state index contributed by atoms with van der Waals surface area (Å²) in [6.07, 6.45) is 0. The predicted octanol–water partition coefficient (Wildman–Crippen LogP) is 5.46. The molecule has 0 unspecified atom stereocenters. The first-order chi connectivity index (χ1) is 12.7. The number of nitrogens with zero attached hydrogens (tertiary/aromatic N) is 4. The minimum absolute atomic E-state index is 0.697. The van der Waals surface area contributed by atoms with E-state index in [-0.39, 0.29) is 0 Å². The summed E-state index contributed by atoms with van der Waals surface area (Å²) >= 11 is 7.76. The van der Waals surface area contributed by atoms with Gasteiger partial charge in [-0.3, -0.25) is 4.98 Å². The van der Waals surface area contributed by atoms with E-state index in [1.165, 1.54) is 0 Å². The van der Waals surface area contributed by atoms with E-state index in [1.54, 1.807) is 11.8 Å². The summed E-state index contributed by atoms with van der Waals surface area (Å²) < 4.78 is 2.11. The number of para-hydroxylation sites is 1. The fourth-order valence-corrected chi connectivity index (χ4v) is 3.95. The Labute approximate surface area is 161 Å². The van der Waals surface area contributed by atoms with Gasteiger partial charge in [-0.05, 0) is 31.2 Å². The van der Waals surface area contributed by atoms with Crippen LogP contribution < -0.4 is 0 Å². The van der Waals surface area contributed by atoms with Gasteiger partial charge in [-0.15, -0.1) is 10.2 Å². The third kappa shape index (κ3) is 3.45. The maximum Gasteiger partial charge on any atom is 0.191 e. The van der Waals surface area contributed by atoms with Crippen molar-refractivity contribution in [3.8, 4) is 11.4 Å². The van der Waals surface area contributed by atoms with Gasteiger partial charge < -0.3 is 4.57 Å².